The molecule has 4 nitrogen and oxygen atoms in total. The van der Waals surface area contributed by atoms with Crippen LogP contribution in [-0.2, 0) is 9.47 Å². The monoisotopic (exact) mass is 284 g/mol. The van der Waals surface area contributed by atoms with Crippen LogP contribution in [0, 0.1) is 0 Å². The Morgan fingerprint density at radius 3 is 2.58 bits per heavy atom. The molecule has 19 heavy (non-hydrogen) atoms. The highest BCUT2D eigenvalue weighted by Crippen LogP contribution is 2.43. The summed E-state index contributed by atoms with van der Waals surface area (Å²) in [6, 6.07) is 3.58. The van der Waals surface area contributed by atoms with Gasteiger partial charge >= 0.3 is 0 Å². The molecule has 0 radical (unpaired) electrons. The first kappa shape index (κ1) is 13.0. The van der Waals surface area contributed by atoms with Crippen molar-refractivity contribution in [1.82, 2.24) is 0 Å². The number of fused-ring (bicyclic) bond motifs is 1. The van der Waals surface area contributed by atoms with Crippen molar-refractivity contribution in [2.45, 2.75) is 45.2 Å². The lowest BCUT2D eigenvalue weighted by atomic mass is 9.99. The number of halogens is 1. The van der Waals surface area contributed by atoms with Gasteiger partial charge in [0.2, 0.25) is 6.79 Å². The van der Waals surface area contributed by atoms with Gasteiger partial charge in [0.25, 0.3) is 0 Å². The minimum atomic E-state index is -0.472. The molecular formula is C14H17ClO4. The number of ether oxygens (including phenoxy) is 4. The van der Waals surface area contributed by atoms with E-state index in [-0.39, 0.29) is 18.5 Å². The fourth-order valence-corrected chi connectivity index (χ4v) is 2.81. The highest BCUT2D eigenvalue weighted by Gasteiger charge is 2.35. The second kappa shape index (κ2) is 4.54. The highest BCUT2D eigenvalue weighted by atomic mass is 35.5. The third kappa shape index (κ3) is 2.53. The zero-order valence-electron chi connectivity index (χ0n) is 11.2. The molecule has 104 valence electrons. The van der Waals surface area contributed by atoms with Gasteiger partial charge in [0.1, 0.15) is 0 Å². The van der Waals surface area contributed by atoms with E-state index in [4.69, 9.17) is 30.5 Å². The van der Waals surface area contributed by atoms with Gasteiger partial charge in [-0.1, -0.05) is 11.6 Å². The molecule has 2 aliphatic heterocycles. The van der Waals surface area contributed by atoms with E-state index >= 15 is 0 Å². The van der Waals surface area contributed by atoms with E-state index in [1.54, 1.807) is 6.07 Å². The van der Waals surface area contributed by atoms with Gasteiger partial charge in [-0.3, -0.25) is 0 Å². The average Bonchev–Trinajstić information content (AvgIpc) is 2.71. The molecule has 0 aromatic heterocycles. The molecule has 3 rings (SSSR count). The van der Waals surface area contributed by atoms with Gasteiger partial charge in [-0.05, 0) is 26.8 Å². The number of hydrogen-bond acceptors (Lipinski definition) is 4. The van der Waals surface area contributed by atoms with Crippen LogP contribution >= 0.6 is 11.6 Å². The van der Waals surface area contributed by atoms with Gasteiger partial charge in [0.15, 0.2) is 17.8 Å². The molecule has 2 heterocycles. The van der Waals surface area contributed by atoms with Crippen LogP contribution in [0.4, 0.5) is 0 Å². The summed E-state index contributed by atoms with van der Waals surface area (Å²) in [5.74, 6) is 1.35. The van der Waals surface area contributed by atoms with E-state index in [1.165, 1.54) is 0 Å². The summed E-state index contributed by atoms with van der Waals surface area (Å²) in [5, 5.41) is 0.569. The quantitative estimate of drug-likeness (QED) is 0.788. The summed E-state index contributed by atoms with van der Waals surface area (Å²) < 4.78 is 22.5. The van der Waals surface area contributed by atoms with E-state index < -0.39 is 6.29 Å². The summed E-state index contributed by atoms with van der Waals surface area (Å²) in [4.78, 5) is 0. The first-order valence-corrected chi connectivity index (χ1v) is 6.75. The zero-order chi connectivity index (χ0) is 13.6. The Labute approximate surface area is 117 Å². The Morgan fingerprint density at radius 1 is 1.21 bits per heavy atom. The van der Waals surface area contributed by atoms with Crippen LogP contribution < -0.4 is 9.47 Å². The largest absolute Gasteiger partial charge is 0.454 e. The molecule has 2 atom stereocenters. The van der Waals surface area contributed by atoms with Gasteiger partial charge in [-0.2, -0.15) is 0 Å². The van der Waals surface area contributed by atoms with Gasteiger partial charge in [0.05, 0.1) is 16.7 Å². The van der Waals surface area contributed by atoms with E-state index in [9.17, 15) is 0 Å². The molecule has 0 amide bonds. The average molecular weight is 285 g/mol. The summed E-state index contributed by atoms with van der Waals surface area (Å²) in [6.45, 7) is 6.38. The van der Waals surface area contributed by atoms with Crippen molar-refractivity contribution in [3.63, 3.8) is 0 Å². The maximum atomic E-state index is 6.29. The zero-order valence-corrected chi connectivity index (χ0v) is 12.0. The Hall–Kier alpha value is -0.970. The molecule has 0 unspecified atom stereocenters. The SMILES string of the molecule is C[C@@H]1CC(C)(C)O[C@@H](c2cc3c(cc2Cl)OCO3)O1. The van der Waals surface area contributed by atoms with Crippen LogP contribution in [0.3, 0.4) is 0 Å². The maximum Gasteiger partial charge on any atom is 0.231 e. The van der Waals surface area contributed by atoms with Crippen molar-refractivity contribution in [1.29, 1.82) is 0 Å². The van der Waals surface area contributed by atoms with Crippen molar-refractivity contribution < 1.29 is 18.9 Å². The maximum absolute atomic E-state index is 6.29. The van der Waals surface area contributed by atoms with E-state index in [1.807, 2.05) is 13.0 Å². The van der Waals surface area contributed by atoms with Crippen LogP contribution in [0.5, 0.6) is 11.5 Å². The Morgan fingerprint density at radius 2 is 1.89 bits per heavy atom. The minimum Gasteiger partial charge on any atom is -0.454 e. The second-order valence-electron chi connectivity index (χ2n) is 5.59. The van der Waals surface area contributed by atoms with Crippen LogP contribution in [0.2, 0.25) is 5.02 Å². The van der Waals surface area contributed by atoms with E-state index in [0.717, 1.165) is 12.0 Å². The Bertz CT molecular complexity index is 500. The normalized spacial score (nSPS) is 28.4. The third-order valence-electron chi connectivity index (χ3n) is 3.31. The first-order valence-electron chi connectivity index (χ1n) is 6.37. The van der Waals surface area contributed by atoms with Crippen LogP contribution in [0.25, 0.3) is 0 Å². The minimum absolute atomic E-state index is 0.121. The van der Waals surface area contributed by atoms with E-state index in [2.05, 4.69) is 13.8 Å². The molecule has 1 aromatic rings. The van der Waals surface area contributed by atoms with Gasteiger partial charge in [0, 0.05) is 18.1 Å². The molecule has 0 bridgehead atoms. The summed E-state index contributed by atoms with van der Waals surface area (Å²) in [7, 11) is 0. The lowest BCUT2D eigenvalue weighted by Crippen LogP contribution is -2.39. The topological polar surface area (TPSA) is 36.9 Å². The fourth-order valence-electron chi connectivity index (χ4n) is 2.57. The second-order valence-corrected chi connectivity index (χ2v) is 5.99. The lowest BCUT2D eigenvalue weighted by Gasteiger charge is -2.39. The van der Waals surface area contributed by atoms with Crippen LogP contribution in [0.15, 0.2) is 12.1 Å². The molecule has 1 aromatic carbocycles. The third-order valence-corrected chi connectivity index (χ3v) is 3.63. The molecule has 0 spiro atoms. The number of benzene rings is 1. The summed E-state index contributed by atoms with van der Waals surface area (Å²) in [5.41, 5.74) is 0.549. The van der Waals surface area contributed by atoms with Crippen molar-refractivity contribution in [2.24, 2.45) is 0 Å². The van der Waals surface area contributed by atoms with Gasteiger partial charge < -0.3 is 18.9 Å². The lowest BCUT2D eigenvalue weighted by molar-refractivity contribution is -0.273. The molecule has 0 N–H and O–H groups in total. The number of hydrogen-bond donors (Lipinski definition) is 0. The van der Waals surface area contributed by atoms with Crippen LogP contribution in [-0.4, -0.2) is 18.5 Å². The molecule has 2 aliphatic rings. The molecule has 1 fully saturated rings. The van der Waals surface area contributed by atoms with Gasteiger partial charge in [-0.25, -0.2) is 0 Å². The molecule has 0 aliphatic carbocycles. The van der Waals surface area contributed by atoms with Crippen molar-refractivity contribution in [3.05, 3.63) is 22.7 Å². The molecule has 5 heteroatoms. The smallest absolute Gasteiger partial charge is 0.231 e. The highest BCUT2D eigenvalue weighted by molar-refractivity contribution is 6.31. The summed E-state index contributed by atoms with van der Waals surface area (Å²) in [6.07, 6.45) is 0.502. The van der Waals surface area contributed by atoms with Crippen LogP contribution in [0.1, 0.15) is 39.0 Å². The Balaban J connectivity index is 1.93. The van der Waals surface area contributed by atoms with Crippen molar-refractivity contribution in [3.8, 4) is 11.5 Å². The van der Waals surface area contributed by atoms with Crippen molar-refractivity contribution in [2.75, 3.05) is 6.79 Å². The number of rotatable bonds is 1. The molecule has 1 saturated heterocycles. The Kier molecular flexibility index (Phi) is 3.12. The fraction of sp³-hybridized carbons (Fsp3) is 0.571. The predicted octanol–water partition coefficient (Wildman–Crippen LogP) is 3.67. The molecule has 0 saturated carbocycles. The molecular weight excluding hydrogens is 268 g/mol. The first-order chi connectivity index (χ1) is 8.94. The van der Waals surface area contributed by atoms with Crippen molar-refractivity contribution >= 4 is 11.6 Å². The predicted molar refractivity (Wildman–Crippen MR) is 70.6 cm³/mol. The summed E-state index contributed by atoms with van der Waals surface area (Å²) >= 11 is 6.29. The van der Waals surface area contributed by atoms with E-state index in [0.29, 0.717) is 16.5 Å². The standard InChI is InChI=1S/C14H17ClO4/c1-8-6-14(2,3)19-13(18-8)9-4-11-12(5-10(9)15)17-7-16-11/h4-5,8,13H,6-7H2,1-3H3/t8-,13+/m1/s1. The van der Waals surface area contributed by atoms with Gasteiger partial charge in [-0.15, -0.1) is 0 Å².